The zero-order chi connectivity index (χ0) is 29.9. The van der Waals surface area contributed by atoms with E-state index < -0.39 is 23.6 Å². The highest BCUT2D eigenvalue weighted by molar-refractivity contribution is 5.90. The van der Waals surface area contributed by atoms with Crippen molar-refractivity contribution in [2.45, 2.75) is 72.1 Å². The predicted octanol–water partition coefficient (Wildman–Crippen LogP) is 3.70. The van der Waals surface area contributed by atoms with E-state index in [0.717, 1.165) is 16.5 Å². The van der Waals surface area contributed by atoms with Gasteiger partial charge in [0.05, 0.1) is 11.3 Å². The summed E-state index contributed by atoms with van der Waals surface area (Å²) in [6.07, 6.45) is 5.10. The van der Waals surface area contributed by atoms with Gasteiger partial charge < -0.3 is 10.1 Å². The van der Waals surface area contributed by atoms with Crippen LogP contribution in [0.25, 0.3) is 17.0 Å². The Bertz CT molecular complexity index is 1350. The van der Waals surface area contributed by atoms with E-state index in [2.05, 4.69) is 28.8 Å². The van der Waals surface area contributed by atoms with E-state index in [1.54, 1.807) is 19.0 Å². The average Bonchev–Trinajstić information content (AvgIpc) is 2.94. The van der Waals surface area contributed by atoms with E-state index in [1.165, 1.54) is 5.01 Å². The van der Waals surface area contributed by atoms with Crippen molar-refractivity contribution in [2.75, 3.05) is 18.6 Å². The average molecular weight is 563 g/mol. The fourth-order valence-corrected chi connectivity index (χ4v) is 4.85. The standard InChI is InChI=1S/C31H42N6O4/c1-19(2)27-29(39)32-20(3)30(40)37-17-9-11-24(34-37)28(38)35-36(7)26-15-14-23-13-12-22(18-25(23)33-26)10-8-16-31(5,6)21(4)41-27/h8,10,12-15,18-20,24,27,34H,4,9,11,16-17H2,1-3,5-7H3,(H,32,39)(H,35,38)/b10-8+/t20-,24-,27-/m0/s1. The third-order valence-corrected chi connectivity index (χ3v) is 7.65. The summed E-state index contributed by atoms with van der Waals surface area (Å²) in [7, 11) is 1.74. The molecule has 4 rings (SSSR count). The molecule has 1 aromatic heterocycles. The maximum Gasteiger partial charge on any atom is 0.261 e. The number of anilines is 1. The molecule has 3 atom stereocenters. The third-order valence-electron chi connectivity index (χ3n) is 7.65. The maximum atomic E-state index is 13.3. The number of amides is 3. The lowest BCUT2D eigenvalue weighted by atomic mass is 9.87. The predicted molar refractivity (Wildman–Crippen MR) is 160 cm³/mol. The van der Waals surface area contributed by atoms with Gasteiger partial charge in [-0.2, -0.15) is 0 Å². The molecule has 10 nitrogen and oxygen atoms in total. The Balaban J connectivity index is 1.66. The van der Waals surface area contributed by atoms with Crippen LogP contribution in [0.3, 0.4) is 0 Å². The molecule has 0 radical (unpaired) electrons. The molecule has 3 heterocycles. The van der Waals surface area contributed by atoms with Crippen molar-refractivity contribution in [3.63, 3.8) is 0 Å². The first-order valence-electron chi connectivity index (χ1n) is 14.2. The number of nitrogens with zero attached hydrogens (tertiary/aromatic N) is 3. The first kappa shape index (κ1) is 30.0. The SMILES string of the molecule is C=C1O[C@@H](C(C)C)C(=O)N[C@@H](C)C(=O)N2CCC[C@H](N2)C(=O)NN(C)c2ccc3ccc(cc3n2)/C=C/CC1(C)C. The van der Waals surface area contributed by atoms with E-state index in [-0.39, 0.29) is 23.6 Å². The van der Waals surface area contributed by atoms with Crippen molar-refractivity contribution in [3.05, 3.63) is 54.3 Å². The van der Waals surface area contributed by atoms with Crippen LogP contribution >= 0.6 is 0 Å². The van der Waals surface area contributed by atoms with Crippen LogP contribution in [0.15, 0.2) is 48.7 Å². The molecule has 41 heavy (non-hydrogen) atoms. The molecular weight excluding hydrogens is 520 g/mol. The van der Waals surface area contributed by atoms with Crippen LogP contribution in [0.2, 0.25) is 0 Å². The molecule has 3 N–H and O–H groups in total. The van der Waals surface area contributed by atoms with Crippen molar-refractivity contribution in [1.82, 2.24) is 26.2 Å². The largest absolute Gasteiger partial charge is 0.485 e. The lowest BCUT2D eigenvalue weighted by Gasteiger charge is -2.36. The minimum absolute atomic E-state index is 0.154. The Morgan fingerprint density at radius 1 is 1.12 bits per heavy atom. The summed E-state index contributed by atoms with van der Waals surface area (Å²) in [6, 6.07) is 8.43. The van der Waals surface area contributed by atoms with Gasteiger partial charge in [-0.05, 0) is 55.9 Å². The number of hydrogen-bond acceptors (Lipinski definition) is 7. The number of hydrogen-bond donors (Lipinski definition) is 3. The minimum atomic E-state index is -0.823. The second-order valence-electron chi connectivity index (χ2n) is 11.9. The van der Waals surface area contributed by atoms with E-state index in [1.807, 2.05) is 64.1 Å². The number of nitrogens with one attached hydrogen (secondary N) is 3. The van der Waals surface area contributed by atoms with Crippen LogP contribution < -0.4 is 21.2 Å². The van der Waals surface area contributed by atoms with Gasteiger partial charge in [-0.15, -0.1) is 0 Å². The highest BCUT2D eigenvalue weighted by atomic mass is 16.5. The molecule has 0 saturated carbocycles. The first-order valence-corrected chi connectivity index (χ1v) is 14.2. The first-order chi connectivity index (χ1) is 19.4. The molecule has 220 valence electrons. The fourth-order valence-electron chi connectivity index (χ4n) is 4.85. The smallest absolute Gasteiger partial charge is 0.261 e. The maximum absolute atomic E-state index is 13.3. The van der Waals surface area contributed by atoms with E-state index >= 15 is 0 Å². The molecule has 1 aromatic carbocycles. The number of hydrazine groups is 2. The molecule has 3 amide bonds. The fraction of sp³-hybridized carbons (Fsp3) is 0.484. The van der Waals surface area contributed by atoms with Gasteiger partial charge in [0.2, 0.25) is 0 Å². The molecule has 2 aliphatic rings. The highest BCUT2D eigenvalue weighted by Gasteiger charge is 2.34. The third kappa shape index (κ3) is 7.05. The molecule has 0 aliphatic carbocycles. The van der Waals surface area contributed by atoms with Crippen LogP contribution in [-0.2, 0) is 19.1 Å². The molecular formula is C31H42N6O4. The summed E-state index contributed by atoms with van der Waals surface area (Å²) >= 11 is 0. The molecule has 2 aliphatic heterocycles. The van der Waals surface area contributed by atoms with Crippen LogP contribution in [0.4, 0.5) is 5.82 Å². The highest BCUT2D eigenvalue weighted by Crippen LogP contribution is 2.33. The van der Waals surface area contributed by atoms with E-state index in [0.29, 0.717) is 37.4 Å². The molecule has 10 heteroatoms. The lowest BCUT2D eigenvalue weighted by molar-refractivity contribution is -0.145. The number of allylic oxidation sites excluding steroid dienone is 2. The van der Waals surface area contributed by atoms with Gasteiger partial charge in [0.15, 0.2) is 6.10 Å². The summed E-state index contributed by atoms with van der Waals surface area (Å²) in [5, 5.41) is 6.79. The van der Waals surface area contributed by atoms with Gasteiger partial charge in [0.1, 0.15) is 17.9 Å². The summed E-state index contributed by atoms with van der Waals surface area (Å²) in [5.74, 6) is -0.0635. The van der Waals surface area contributed by atoms with Crippen LogP contribution in [-0.4, -0.2) is 59.5 Å². The number of carbonyl (C=O) groups is 3. The second kappa shape index (κ2) is 12.3. The summed E-state index contributed by atoms with van der Waals surface area (Å²) in [5.41, 5.74) is 7.26. The quantitative estimate of drug-likeness (QED) is 0.485. The molecule has 2 aromatic rings. The summed E-state index contributed by atoms with van der Waals surface area (Å²) in [6.45, 7) is 14.1. The van der Waals surface area contributed by atoms with Crippen molar-refractivity contribution in [3.8, 4) is 0 Å². The van der Waals surface area contributed by atoms with Crippen molar-refractivity contribution < 1.29 is 19.1 Å². The van der Waals surface area contributed by atoms with E-state index in [4.69, 9.17) is 9.72 Å². The number of benzene rings is 1. The van der Waals surface area contributed by atoms with Gasteiger partial charge in [-0.1, -0.05) is 58.6 Å². The number of pyridine rings is 1. The summed E-state index contributed by atoms with van der Waals surface area (Å²) in [4.78, 5) is 44.4. The Labute approximate surface area is 242 Å². The van der Waals surface area contributed by atoms with Crippen LogP contribution in [0, 0.1) is 11.3 Å². The number of carbonyl (C=O) groups excluding carboxylic acids is 3. The van der Waals surface area contributed by atoms with Crippen molar-refractivity contribution in [2.24, 2.45) is 11.3 Å². The Kier molecular flexibility index (Phi) is 9.01. The second-order valence-corrected chi connectivity index (χ2v) is 11.9. The number of rotatable bonds is 1. The van der Waals surface area contributed by atoms with Crippen molar-refractivity contribution >= 4 is 40.5 Å². The molecule has 0 unspecified atom stereocenters. The normalized spacial score (nSPS) is 25.4. The molecule has 1 fully saturated rings. The van der Waals surface area contributed by atoms with Crippen LogP contribution in [0.5, 0.6) is 0 Å². The zero-order valence-corrected chi connectivity index (χ0v) is 24.9. The van der Waals surface area contributed by atoms with Gasteiger partial charge >= 0.3 is 0 Å². The van der Waals surface area contributed by atoms with Gasteiger partial charge in [-0.25, -0.2) is 10.4 Å². The molecule has 5 bridgehead atoms. The monoisotopic (exact) mass is 562 g/mol. The minimum Gasteiger partial charge on any atom is -0.485 e. The summed E-state index contributed by atoms with van der Waals surface area (Å²) < 4.78 is 6.16. The molecule has 0 spiro atoms. The number of fused-ring (bicyclic) bond motifs is 4. The Morgan fingerprint density at radius 2 is 1.85 bits per heavy atom. The van der Waals surface area contributed by atoms with E-state index in [9.17, 15) is 14.4 Å². The Morgan fingerprint density at radius 3 is 2.59 bits per heavy atom. The van der Waals surface area contributed by atoms with Gasteiger partial charge in [-0.3, -0.25) is 29.8 Å². The lowest BCUT2D eigenvalue weighted by Crippen LogP contribution is -2.62. The van der Waals surface area contributed by atoms with Gasteiger partial charge in [0.25, 0.3) is 17.7 Å². The zero-order valence-electron chi connectivity index (χ0n) is 24.9. The number of aromatic nitrogens is 1. The van der Waals surface area contributed by atoms with Crippen molar-refractivity contribution in [1.29, 1.82) is 0 Å². The van der Waals surface area contributed by atoms with Gasteiger partial charge in [0, 0.05) is 24.4 Å². The Hall–Kier alpha value is -3.92. The molecule has 1 saturated heterocycles. The topological polar surface area (TPSA) is 116 Å². The van der Waals surface area contributed by atoms with Crippen LogP contribution in [0.1, 0.15) is 59.4 Å². The number of ether oxygens (including phenoxy) is 1.